The predicted molar refractivity (Wildman–Crippen MR) is 56.0 cm³/mol. The van der Waals surface area contributed by atoms with Crippen LogP contribution in [0.1, 0.15) is 23.9 Å². The summed E-state index contributed by atoms with van der Waals surface area (Å²) in [7, 11) is 0. The van der Waals surface area contributed by atoms with E-state index in [9.17, 15) is 4.79 Å². The highest BCUT2D eigenvalue weighted by atomic mass is 79.9. The Morgan fingerprint density at radius 3 is 2.93 bits per heavy atom. The third-order valence-corrected chi connectivity index (χ3v) is 3.02. The molecule has 0 bridgehead atoms. The molecule has 1 aromatic rings. The average Bonchev–Trinajstić information content (AvgIpc) is 2.66. The second kappa shape index (κ2) is 3.77. The van der Waals surface area contributed by atoms with Crippen LogP contribution in [0.15, 0.2) is 21.2 Å². The first kappa shape index (κ1) is 9.77. The zero-order valence-corrected chi connectivity index (χ0v) is 9.50. The standard InChI is InChI=1S/C10H12BrNO2/c1-6-4-7(6)5-12-10(13)8-2-3-9(11)14-8/h2-3,6-7H,4-5H2,1H3,(H,12,13). The molecule has 0 aliphatic heterocycles. The fourth-order valence-corrected chi connectivity index (χ4v) is 1.74. The Morgan fingerprint density at radius 1 is 1.71 bits per heavy atom. The third-order valence-electron chi connectivity index (χ3n) is 2.60. The van der Waals surface area contributed by atoms with Gasteiger partial charge in [-0.1, -0.05) is 6.92 Å². The van der Waals surface area contributed by atoms with E-state index in [0.717, 1.165) is 12.5 Å². The van der Waals surface area contributed by atoms with E-state index in [1.54, 1.807) is 12.1 Å². The average molecular weight is 258 g/mol. The normalized spacial score (nSPS) is 24.7. The van der Waals surface area contributed by atoms with Crippen molar-refractivity contribution in [3.05, 3.63) is 22.6 Å². The minimum Gasteiger partial charge on any atom is -0.444 e. The van der Waals surface area contributed by atoms with Gasteiger partial charge in [0.1, 0.15) is 0 Å². The number of rotatable bonds is 3. The molecular formula is C10H12BrNO2. The summed E-state index contributed by atoms with van der Waals surface area (Å²) >= 11 is 3.16. The lowest BCUT2D eigenvalue weighted by Gasteiger charge is -2.00. The number of amides is 1. The molecule has 1 aliphatic carbocycles. The molecule has 0 aromatic carbocycles. The molecule has 3 nitrogen and oxygen atoms in total. The molecule has 1 amide bonds. The van der Waals surface area contributed by atoms with Crippen LogP contribution < -0.4 is 5.32 Å². The fourth-order valence-electron chi connectivity index (χ4n) is 1.43. The first-order valence-electron chi connectivity index (χ1n) is 4.70. The van der Waals surface area contributed by atoms with Gasteiger partial charge in [0.05, 0.1) is 0 Å². The molecule has 2 atom stereocenters. The van der Waals surface area contributed by atoms with Crippen LogP contribution in [0.4, 0.5) is 0 Å². The molecule has 4 heteroatoms. The van der Waals surface area contributed by atoms with Gasteiger partial charge in [-0.15, -0.1) is 0 Å². The van der Waals surface area contributed by atoms with Crippen LogP contribution in [0.3, 0.4) is 0 Å². The highest BCUT2D eigenvalue weighted by Crippen LogP contribution is 2.36. The molecule has 0 radical (unpaired) electrons. The van der Waals surface area contributed by atoms with Crippen molar-refractivity contribution in [2.45, 2.75) is 13.3 Å². The van der Waals surface area contributed by atoms with Gasteiger partial charge in [0.15, 0.2) is 10.4 Å². The zero-order chi connectivity index (χ0) is 10.1. The molecule has 0 saturated heterocycles. The van der Waals surface area contributed by atoms with Crippen molar-refractivity contribution in [2.24, 2.45) is 11.8 Å². The summed E-state index contributed by atoms with van der Waals surface area (Å²) in [6, 6.07) is 3.38. The van der Waals surface area contributed by atoms with Gasteiger partial charge in [-0.05, 0) is 46.3 Å². The zero-order valence-electron chi connectivity index (χ0n) is 7.92. The van der Waals surface area contributed by atoms with Crippen LogP contribution in [0.2, 0.25) is 0 Å². The van der Waals surface area contributed by atoms with E-state index in [-0.39, 0.29) is 5.91 Å². The van der Waals surface area contributed by atoms with Crippen LogP contribution >= 0.6 is 15.9 Å². The first-order chi connectivity index (χ1) is 6.66. The van der Waals surface area contributed by atoms with E-state index in [2.05, 4.69) is 28.2 Å². The van der Waals surface area contributed by atoms with Gasteiger partial charge in [0.25, 0.3) is 5.91 Å². The number of hydrogen-bond donors (Lipinski definition) is 1. The maximum atomic E-state index is 11.5. The van der Waals surface area contributed by atoms with E-state index in [0.29, 0.717) is 16.3 Å². The van der Waals surface area contributed by atoms with Crippen molar-refractivity contribution in [3.8, 4) is 0 Å². The maximum absolute atomic E-state index is 11.5. The van der Waals surface area contributed by atoms with Crippen molar-refractivity contribution in [1.29, 1.82) is 0 Å². The molecule has 1 N–H and O–H groups in total. The van der Waals surface area contributed by atoms with Crippen LogP contribution in [0.25, 0.3) is 0 Å². The molecule has 1 fully saturated rings. The molecule has 76 valence electrons. The van der Waals surface area contributed by atoms with Crippen molar-refractivity contribution in [1.82, 2.24) is 5.32 Å². The van der Waals surface area contributed by atoms with Gasteiger partial charge in [-0.25, -0.2) is 0 Å². The molecule has 1 aromatic heterocycles. The molecule has 1 aliphatic rings. The van der Waals surface area contributed by atoms with Gasteiger partial charge in [-0.2, -0.15) is 0 Å². The molecule has 14 heavy (non-hydrogen) atoms. The summed E-state index contributed by atoms with van der Waals surface area (Å²) < 4.78 is 5.72. The van der Waals surface area contributed by atoms with Crippen molar-refractivity contribution in [3.63, 3.8) is 0 Å². The number of nitrogens with one attached hydrogen (secondary N) is 1. The molecule has 1 heterocycles. The Labute approximate surface area is 91.0 Å². The number of carbonyl (C=O) groups excluding carboxylic acids is 1. The van der Waals surface area contributed by atoms with Crippen LogP contribution in [0, 0.1) is 11.8 Å². The van der Waals surface area contributed by atoms with Crippen LogP contribution in [-0.4, -0.2) is 12.5 Å². The van der Waals surface area contributed by atoms with Crippen LogP contribution in [-0.2, 0) is 0 Å². The number of furan rings is 1. The van der Waals surface area contributed by atoms with Crippen molar-refractivity contribution < 1.29 is 9.21 Å². The quantitative estimate of drug-likeness (QED) is 0.904. The van der Waals surface area contributed by atoms with E-state index in [1.165, 1.54) is 6.42 Å². The summed E-state index contributed by atoms with van der Waals surface area (Å²) in [4.78, 5) is 11.5. The third kappa shape index (κ3) is 2.18. The summed E-state index contributed by atoms with van der Waals surface area (Å²) in [6.07, 6.45) is 1.22. The van der Waals surface area contributed by atoms with E-state index in [1.807, 2.05) is 0 Å². The Kier molecular flexibility index (Phi) is 2.63. The Bertz CT molecular complexity index is 348. The molecular weight excluding hydrogens is 246 g/mol. The second-order valence-corrected chi connectivity index (χ2v) is 4.57. The van der Waals surface area contributed by atoms with E-state index < -0.39 is 0 Å². The summed E-state index contributed by atoms with van der Waals surface area (Å²) in [5.41, 5.74) is 0. The van der Waals surface area contributed by atoms with Gasteiger partial charge in [0.2, 0.25) is 0 Å². The maximum Gasteiger partial charge on any atom is 0.287 e. The summed E-state index contributed by atoms with van der Waals surface area (Å²) in [6.45, 7) is 2.96. The molecule has 1 saturated carbocycles. The Morgan fingerprint density at radius 2 is 2.43 bits per heavy atom. The first-order valence-corrected chi connectivity index (χ1v) is 5.49. The lowest BCUT2D eigenvalue weighted by molar-refractivity contribution is 0.0922. The van der Waals surface area contributed by atoms with Crippen molar-refractivity contribution >= 4 is 21.8 Å². The van der Waals surface area contributed by atoms with E-state index in [4.69, 9.17) is 4.42 Å². The SMILES string of the molecule is CC1CC1CNC(=O)c1ccc(Br)o1. The topological polar surface area (TPSA) is 42.2 Å². The number of carbonyl (C=O) groups is 1. The monoisotopic (exact) mass is 257 g/mol. The van der Waals surface area contributed by atoms with Gasteiger partial charge >= 0.3 is 0 Å². The largest absolute Gasteiger partial charge is 0.444 e. The number of halogens is 1. The lowest BCUT2D eigenvalue weighted by Crippen LogP contribution is -2.25. The Balaban J connectivity index is 1.83. The fraction of sp³-hybridized carbons (Fsp3) is 0.500. The minimum absolute atomic E-state index is 0.130. The smallest absolute Gasteiger partial charge is 0.287 e. The summed E-state index contributed by atoms with van der Waals surface area (Å²) in [5, 5.41) is 2.85. The van der Waals surface area contributed by atoms with Crippen LogP contribution in [0.5, 0.6) is 0 Å². The molecule has 2 rings (SSSR count). The van der Waals surface area contributed by atoms with Gasteiger partial charge in [0, 0.05) is 6.54 Å². The minimum atomic E-state index is -0.130. The lowest BCUT2D eigenvalue weighted by atomic mass is 10.3. The second-order valence-electron chi connectivity index (χ2n) is 3.79. The number of hydrogen-bond acceptors (Lipinski definition) is 2. The Hall–Kier alpha value is -0.770. The summed E-state index contributed by atoms with van der Waals surface area (Å²) in [5.74, 6) is 1.66. The van der Waals surface area contributed by atoms with Gasteiger partial charge in [-0.3, -0.25) is 4.79 Å². The highest BCUT2D eigenvalue weighted by molar-refractivity contribution is 9.10. The van der Waals surface area contributed by atoms with E-state index >= 15 is 0 Å². The van der Waals surface area contributed by atoms with Crippen molar-refractivity contribution in [2.75, 3.05) is 6.54 Å². The van der Waals surface area contributed by atoms with Gasteiger partial charge < -0.3 is 9.73 Å². The molecule has 2 unspecified atom stereocenters. The highest BCUT2D eigenvalue weighted by Gasteiger charge is 2.32. The molecule has 0 spiro atoms. The predicted octanol–water partition coefficient (Wildman–Crippen LogP) is 2.43.